The molecular formula is C15H15N3O3. The molecule has 0 saturated heterocycles. The molecule has 1 aromatic carbocycles. The monoisotopic (exact) mass is 285 g/mol. The van der Waals surface area contributed by atoms with Gasteiger partial charge in [-0.2, -0.15) is 0 Å². The van der Waals surface area contributed by atoms with Gasteiger partial charge in [-0.15, -0.1) is 0 Å². The van der Waals surface area contributed by atoms with Crippen LogP contribution in [0.15, 0.2) is 42.7 Å². The summed E-state index contributed by atoms with van der Waals surface area (Å²) in [6.07, 6.45) is 3.34. The quantitative estimate of drug-likeness (QED) is 0.639. The van der Waals surface area contributed by atoms with Gasteiger partial charge in [0.1, 0.15) is 0 Å². The molecule has 0 unspecified atom stereocenters. The van der Waals surface area contributed by atoms with Gasteiger partial charge in [-0.1, -0.05) is 12.1 Å². The van der Waals surface area contributed by atoms with Gasteiger partial charge in [0, 0.05) is 43.2 Å². The fraction of sp³-hybridized carbons (Fsp3) is 0.200. The zero-order chi connectivity index (χ0) is 15.4. The molecule has 1 aromatic heterocycles. The highest BCUT2D eigenvalue weighted by Gasteiger charge is 2.17. The maximum atomic E-state index is 12.3. The Morgan fingerprint density at radius 3 is 2.76 bits per heavy atom. The SMILES string of the molecule is Cc1ccc(C(=O)N(C)Cc2cccnc2)cc1[N+](=O)[O-]. The zero-order valence-corrected chi connectivity index (χ0v) is 11.8. The number of hydrogen-bond donors (Lipinski definition) is 0. The maximum absolute atomic E-state index is 12.3. The van der Waals surface area contributed by atoms with Gasteiger partial charge in [0.15, 0.2) is 0 Å². The van der Waals surface area contributed by atoms with E-state index < -0.39 is 4.92 Å². The molecule has 0 bridgehead atoms. The van der Waals surface area contributed by atoms with Gasteiger partial charge in [-0.25, -0.2) is 0 Å². The number of nitro groups is 1. The van der Waals surface area contributed by atoms with E-state index in [0.29, 0.717) is 17.7 Å². The second-order valence-corrected chi connectivity index (χ2v) is 4.78. The standard InChI is InChI=1S/C15H15N3O3/c1-11-5-6-13(8-14(11)18(20)21)15(19)17(2)10-12-4-3-7-16-9-12/h3-9H,10H2,1-2H3. The van der Waals surface area contributed by atoms with Crippen LogP contribution in [0.3, 0.4) is 0 Å². The molecule has 2 aromatic rings. The van der Waals surface area contributed by atoms with Gasteiger partial charge >= 0.3 is 0 Å². The van der Waals surface area contributed by atoms with E-state index in [1.165, 1.54) is 11.0 Å². The molecule has 6 heteroatoms. The minimum Gasteiger partial charge on any atom is -0.337 e. The second-order valence-electron chi connectivity index (χ2n) is 4.78. The first-order valence-corrected chi connectivity index (χ1v) is 6.38. The van der Waals surface area contributed by atoms with Crippen LogP contribution in [-0.4, -0.2) is 27.8 Å². The summed E-state index contributed by atoms with van der Waals surface area (Å²) in [6, 6.07) is 8.17. The Morgan fingerprint density at radius 1 is 1.38 bits per heavy atom. The lowest BCUT2D eigenvalue weighted by Crippen LogP contribution is -2.26. The summed E-state index contributed by atoms with van der Waals surface area (Å²) in [6.45, 7) is 2.04. The predicted molar refractivity (Wildman–Crippen MR) is 77.9 cm³/mol. The van der Waals surface area contributed by atoms with E-state index in [4.69, 9.17) is 0 Å². The Balaban J connectivity index is 2.20. The van der Waals surface area contributed by atoms with Crippen molar-refractivity contribution in [2.45, 2.75) is 13.5 Å². The number of nitrogens with zero attached hydrogens (tertiary/aromatic N) is 3. The van der Waals surface area contributed by atoms with Crippen LogP contribution in [0.2, 0.25) is 0 Å². The molecule has 2 rings (SSSR count). The Hall–Kier alpha value is -2.76. The Kier molecular flexibility index (Phi) is 4.27. The molecule has 0 spiro atoms. The summed E-state index contributed by atoms with van der Waals surface area (Å²) < 4.78 is 0. The van der Waals surface area contributed by atoms with Gasteiger partial charge in [0.2, 0.25) is 0 Å². The van der Waals surface area contributed by atoms with Crippen LogP contribution >= 0.6 is 0 Å². The third-order valence-corrected chi connectivity index (χ3v) is 3.14. The molecule has 6 nitrogen and oxygen atoms in total. The number of carbonyl (C=O) groups excluding carboxylic acids is 1. The number of aromatic nitrogens is 1. The minimum atomic E-state index is -0.479. The summed E-state index contributed by atoms with van der Waals surface area (Å²) in [5, 5.41) is 10.9. The van der Waals surface area contributed by atoms with Crippen molar-refractivity contribution in [2.24, 2.45) is 0 Å². The summed E-state index contributed by atoms with van der Waals surface area (Å²) in [5.41, 5.74) is 1.69. The average molecular weight is 285 g/mol. The number of carbonyl (C=O) groups is 1. The van der Waals surface area contributed by atoms with E-state index in [-0.39, 0.29) is 11.6 Å². The minimum absolute atomic E-state index is 0.0457. The summed E-state index contributed by atoms with van der Waals surface area (Å²) in [5.74, 6) is -0.262. The number of hydrogen-bond acceptors (Lipinski definition) is 4. The number of rotatable bonds is 4. The topological polar surface area (TPSA) is 76.3 Å². The number of amides is 1. The third kappa shape index (κ3) is 3.42. The second kappa shape index (κ2) is 6.13. The normalized spacial score (nSPS) is 10.2. The van der Waals surface area contributed by atoms with Crippen molar-refractivity contribution in [3.63, 3.8) is 0 Å². The third-order valence-electron chi connectivity index (χ3n) is 3.14. The molecule has 0 aliphatic rings. The van der Waals surface area contributed by atoms with Crippen LogP contribution in [0.4, 0.5) is 5.69 Å². The van der Waals surface area contributed by atoms with Crippen molar-refractivity contribution in [1.29, 1.82) is 0 Å². The van der Waals surface area contributed by atoms with Crippen LogP contribution in [-0.2, 0) is 6.54 Å². The molecule has 0 aliphatic heterocycles. The summed E-state index contributed by atoms with van der Waals surface area (Å²) in [7, 11) is 1.65. The van der Waals surface area contributed by atoms with E-state index in [2.05, 4.69) is 4.98 Å². The molecule has 0 N–H and O–H groups in total. The smallest absolute Gasteiger partial charge is 0.273 e. The van der Waals surface area contributed by atoms with Crippen LogP contribution in [0, 0.1) is 17.0 Å². The summed E-state index contributed by atoms with van der Waals surface area (Å²) >= 11 is 0. The van der Waals surface area contributed by atoms with Crippen LogP contribution in [0.5, 0.6) is 0 Å². The summed E-state index contributed by atoms with van der Waals surface area (Å²) in [4.78, 5) is 28.3. The van der Waals surface area contributed by atoms with Crippen molar-refractivity contribution in [3.8, 4) is 0 Å². The molecular weight excluding hydrogens is 270 g/mol. The van der Waals surface area contributed by atoms with Crippen LogP contribution in [0.25, 0.3) is 0 Å². The van der Waals surface area contributed by atoms with Crippen molar-refractivity contribution in [3.05, 3.63) is 69.5 Å². The van der Waals surface area contributed by atoms with Gasteiger partial charge in [0.05, 0.1) is 4.92 Å². The van der Waals surface area contributed by atoms with Crippen molar-refractivity contribution in [1.82, 2.24) is 9.88 Å². The van der Waals surface area contributed by atoms with Crippen LogP contribution in [0.1, 0.15) is 21.5 Å². The molecule has 1 amide bonds. The predicted octanol–water partition coefficient (Wildman–Crippen LogP) is 2.57. The lowest BCUT2D eigenvalue weighted by atomic mass is 10.1. The number of pyridine rings is 1. The maximum Gasteiger partial charge on any atom is 0.273 e. The van der Waals surface area contributed by atoms with E-state index in [1.54, 1.807) is 44.6 Å². The molecule has 108 valence electrons. The van der Waals surface area contributed by atoms with Crippen LogP contribution < -0.4 is 0 Å². The molecule has 0 aliphatic carbocycles. The number of aryl methyl sites for hydroxylation is 1. The first-order valence-electron chi connectivity index (χ1n) is 6.38. The van der Waals surface area contributed by atoms with E-state index in [9.17, 15) is 14.9 Å². The van der Waals surface area contributed by atoms with Gasteiger partial charge in [-0.3, -0.25) is 19.9 Å². The lowest BCUT2D eigenvalue weighted by Gasteiger charge is -2.17. The highest BCUT2D eigenvalue weighted by atomic mass is 16.6. The molecule has 21 heavy (non-hydrogen) atoms. The largest absolute Gasteiger partial charge is 0.337 e. The van der Waals surface area contributed by atoms with Crippen molar-refractivity contribution >= 4 is 11.6 Å². The van der Waals surface area contributed by atoms with Gasteiger partial charge < -0.3 is 4.90 Å². The Morgan fingerprint density at radius 2 is 2.14 bits per heavy atom. The molecule has 0 radical (unpaired) electrons. The molecule has 1 heterocycles. The van der Waals surface area contributed by atoms with E-state index >= 15 is 0 Å². The molecule has 0 fully saturated rings. The Bertz CT molecular complexity index is 671. The average Bonchev–Trinajstić information content (AvgIpc) is 2.47. The fourth-order valence-corrected chi connectivity index (χ4v) is 2.00. The number of benzene rings is 1. The van der Waals surface area contributed by atoms with E-state index in [0.717, 1.165) is 5.56 Å². The highest BCUT2D eigenvalue weighted by Crippen LogP contribution is 2.20. The first kappa shape index (κ1) is 14.6. The highest BCUT2D eigenvalue weighted by molar-refractivity contribution is 5.94. The van der Waals surface area contributed by atoms with Gasteiger partial charge in [-0.05, 0) is 24.6 Å². The molecule has 0 atom stereocenters. The lowest BCUT2D eigenvalue weighted by molar-refractivity contribution is -0.385. The zero-order valence-electron chi connectivity index (χ0n) is 11.8. The number of nitro benzene ring substituents is 1. The Labute approximate surface area is 122 Å². The molecule has 0 saturated carbocycles. The first-order chi connectivity index (χ1) is 9.99. The van der Waals surface area contributed by atoms with Crippen molar-refractivity contribution in [2.75, 3.05) is 7.05 Å². The fourth-order valence-electron chi connectivity index (χ4n) is 2.00. The van der Waals surface area contributed by atoms with Crippen molar-refractivity contribution < 1.29 is 9.72 Å². The van der Waals surface area contributed by atoms with Gasteiger partial charge in [0.25, 0.3) is 11.6 Å². The van der Waals surface area contributed by atoms with E-state index in [1.807, 2.05) is 6.07 Å².